The van der Waals surface area contributed by atoms with Gasteiger partial charge in [-0.05, 0) is 23.3 Å². The zero-order valence-electron chi connectivity index (χ0n) is 15.4. The summed E-state index contributed by atoms with van der Waals surface area (Å²) in [6, 6.07) is 0. The van der Waals surface area contributed by atoms with Crippen molar-refractivity contribution < 1.29 is 9.53 Å². The minimum Gasteiger partial charge on any atom is -0.382 e. The highest BCUT2D eigenvalue weighted by Gasteiger charge is 2.27. The van der Waals surface area contributed by atoms with Crippen LogP contribution in [-0.4, -0.2) is 71.4 Å². The predicted octanol–water partition coefficient (Wildman–Crippen LogP) is 0.940. The Labute approximate surface area is 161 Å². The molecule has 1 aromatic rings. The zero-order valence-corrected chi connectivity index (χ0v) is 16.2. The van der Waals surface area contributed by atoms with E-state index >= 15 is 0 Å². The fourth-order valence-electron chi connectivity index (χ4n) is 3.35. The van der Waals surface area contributed by atoms with Gasteiger partial charge >= 0.3 is 0 Å². The van der Waals surface area contributed by atoms with Gasteiger partial charge in [0.25, 0.3) is 0 Å². The summed E-state index contributed by atoms with van der Waals surface area (Å²) in [5.41, 5.74) is 7.68. The van der Waals surface area contributed by atoms with Gasteiger partial charge in [0, 0.05) is 25.5 Å². The van der Waals surface area contributed by atoms with Gasteiger partial charge in [0.2, 0.25) is 5.91 Å². The van der Waals surface area contributed by atoms with E-state index in [0.717, 1.165) is 32.2 Å². The Morgan fingerprint density at radius 3 is 2.96 bits per heavy atom. The Morgan fingerprint density at radius 1 is 1.33 bits per heavy atom. The summed E-state index contributed by atoms with van der Waals surface area (Å²) in [5.74, 6) is 2.52. The molecule has 1 unspecified atom stereocenters. The number of nitrogens with two attached hydrogens (primary N) is 1. The number of allylic oxidation sites excluding steroid dienone is 2. The van der Waals surface area contributed by atoms with Crippen LogP contribution in [0.1, 0.15) is 5.82 Å². The third-order valence-corrected chi connectivity index (χ3v) is 6.38. The van der Waals surface area contributed by atoms with Crippen LogP contribution >= 0.6 is 10.5 Å². The molecule has 27 heavy (non-hydrogen) atoms. The number of rotatable bonds is 4. The summed E-state index contributed by atoms with van der Waals surface area (Å²) in [4.78, 5) is 25.2. The lowest BCUT2D eigenvalue weighted by Gasteiger charge is -2.31. The second-order valence-corrected chi connectivity index (χ2v) is 8.48. The average molecular weight is 388 g/mol. The summed E-state index contributed by atoms with van der Waals surface area (Å²) < 4.78 is 5.43. The van der Waals surface area contributed by atoms with E-state index in [1.54, 1.807) is 6.92 Å². The molecule has 1 fully saturated rings. The van der Waals surface area contributed by atoms with Crippen molar-refractivity contribution in [2.24, 2.45) is 0 Å². The Bertz CT molecular complexity index is 844. The van der Waals surface area contributed by atoms with Crippen LogP contribution in [0.3, 0.4) is 0 Å². The zero-order chi connectivity index (χ0) is 18.8. The number of fused-ring (bicyclic) bond motifs is 1. The normalized spacial score (nSPS) is 22.7. The molecule has 0 spiro atoms. The van der Waals surface area contributed by atoms with Crippen LogP contribution in [0.4, 0.5) is 17.3 Å². The molecular formula is C18H24N6O2S. The largest absolute Gasteiger partial charge is 0.382 e. The van der Waals surface area contributed by atoms with Gasteiger partial charge in [0.05, 0.1) is 19.8 Å². The SMILES string of the molecule is Cc1nc(N)c2c(n1)N(CC1=CC=CS(CN3CCOCC3)=C1)CC(=O)N2. The van der Waals surface area contributed by atoms with Crippen LogP contribution in [0, 0.1) is 6.92 Å². The molecule has 3 aliphatic rings. The first kappa shape index (κ1) is 18.1. The number of amides is 1. The van der Waals surface area contributed by atoms with Crippen LogP contribution in [0.2, 0.25) is 0 Å². The Hall–Kier alpha value is -2.23. The summed E-state index contributed by atoms with van der Waals surface area (Å²) in [6.07, 6.45) is 4.22. The molecule has 0 aliphatic carbocycles. The van der Waals surface area contributed by atoms with Crippen molar-refractivity contribution in [3.05, 3.63) is 29.0 Å². The van der Waals surface area contributed by atoms with Gasteiger partial charge in [-0.15, -0.1) is 10.5 Å². The molecular weight excluding hydrogens is 364 g/mol. The lowest BCUT2D eigenvalue weighted by molar-refractivity contribution is -0.115. The average Bonchev–Trinajstić information content (AvgIpc) is 2.64. The highest BCUT2D eigenvalue weighted by Crippen LogP contribution is 2.32. The topological polar surface area (TPSA) is 96.6 Å². The van der Waals surface area contributed by atoms with E-state index < -0.39 is 0 Å². The lowest BCUT2D eigenvalue weighted by atomic mass is 10.2. The quantitative estimate of drug-likeness (QED) is 0.741. The molecule has 0 radical (unpaired) electrons. The second kappa shape index (κ2) is 7.79. The van der Waals surface area contributed by atoms with Crippen molar-refractivity contribution in [3.63, 3.8) is 0 Å². The van der Waals surface area contributed by atoms with Gasteiger partial charge in [-0.1, -0.05) is 12.2 Å². The molecule has 3 N–H and O–H groups in total. The van der Waals surface area contributed by atoms with E-state index in [0.29, 0.717) is 29.7 Å². The number of nitrogens with zero attached hydrogens (tertiary/aromatic N) is 4. The number of aryl methyl sites for hydroxylation is 1. The van der Waals surface area contributed by atoms with Gasteiger partial charge in [-0.2, -0.15) is 0 Å². The van der Waals surface area contributed by atoms with Crippen molar-refractivity contribution >= 4 is 39.1 Å². The summed E-state index contributed by atoms with van der Waals surface area (Å²) >= 11 is 0. The molecule has 0 bridgehead atoms. The van der Waals surface area contributed by atoms with Crippen molar-refractivity contribution in [2.75, 3.05) is 61.2 Å². The maximum Gasteiger partial charge on any atom is 0.244 e. The summed E-state index contributed by atoms with van der Waals surface area (Å²) in [5, 5.41) is 7.35. The van der Waals surface area contributed by atoms with E-state index in [1.165, 1.54) is 5.57 Å². The first-order chi connectivity index (χ1) is 13.1. The van der Waals surface area contributed by atoms with Crippen molar-refractivity contribution in [2.45, 2.75) is 6.92 Å². The van der Waals surface area contributed by atoms with Gasteiger partial charge < -0.3 is 20.7 Å². The highest BCUT2D eigenvalue weighted by molar-refractivity contribution is 8.17. The van der Waals surface area contributed by atoms with E-state index in [9.17, 15) is 4.79 Å². The Kier molecular flexibility index (Phi) is 5.24. The van der Waals surface area contributed by atoms with Gasteiger partial charge in [-0.3, -0.25) is 9.69 Å². The Balaban J connectivity index is 1.51. The maximum absolute atomic E-state index is 12.1. The van der Waals surface area contributed by atoms with Gasteiger partial charge in [0.15, 0.2) is 11.6 Å². The first-order valence-electron chi connectivity index (χ1n) is 8.98. The number of hydrogen-bond donors (Lipinski definition) is 2. The predicted molar refractivity (Wildman–Crippen MR) is 110 cm³/mol. The molecule has 0 saturated carbocycles. The summed E-state index contributed by atoms with van der Waals surface area (Å²) in [7, 11) is 0.0599. The van der Waals surface area contributed by atoms with Crippen LogP contribution in [0.5, 0.6) is 0 Å². The number of nitrogens with one attached hydrogen (secondary N) is 1. The lowest BCUT2D eigenvalue weighted by Crippen LogP contribution is -2.41. The van der Waals surface area contributed by atoms with Crippen LogP contribution < -0.4 is 16.0 Å². The number of carbonyl (C=O) groups is 1. The number of morpholine rings is 1. The van der Waals surface area contributed by atoms with E-state index in [4.69, 9.17) is 10.5 Å². The van der Waals surface area contributed by atoms with Gasteiger partial charge in [0.1, 0.15) is 11.5 Å². The molecule has 4 rings (SSSR count). The molecule has 1 amide bonds. The fraction of sp³-hybridized carbons (Fsp3) is 0.444. The molecule has 0 aromatic carbocycles. The minimum atomic E-state index is -0.0964. The minimum absolute atomic E-state index is 0.0599. The molecule has 1 aromatic heterocycles. The monoisotopic (exact) mass is 388 g/mol. The van der Waals surface area contributed by atoms with E-state index in [-0.39, 0.29) is 22.9 Å². The molecule has 8 nitrogen and oxygen atoms in total. The van der Waals surface area contributed by atoms with Crippen LogP contribution in [0.15, 0.2) is 23.1 Å². The molecule has 144 valence electrons. The molecule has 3 aliphatic heterocycles. The second-order valence-electron chi connectivity index (χ2n) is 6.78. The van der Waals surface area contributed by atoms with Crippen molar-refractivity contribution in [1.29, 1.82) is 0 Å². The smallest absolute Gasteiger partial charge is 0.244 e. The summed E-state index contributed by atoms with van der Waals surface area (Å²) in [6.45, 7) is 6.27. The molecule has 1 atom stereocenters. The van der Waals surface area contributed by atoms with Crippen molar-refractivity contribution in [1.82, 2.24) is 14.9 Å². The standard InChI is InChI=1S/C18H24N6O2S/c1-13-20-17(19)16-18(21-13)24(10-15(25)22-16)9-14-3-2-8-27(11-14)12-23-4-6-26-7-5-23/h2-3,8,11H,4-7,9-10,12H2,1H3,(H,22,25)(H2,19,20,21). The van der Waals surface area contributed by atoms with E-state index in [2.05, 4.69) is 43.1 Å². The third-order valence-electron chi connectivity index (χ3n) is 4.60. The molecule has 9 heteroatoms. The maximum atomic E-state index is 12.1. The molecule has 4 heterocycles. The highest BCUT2D eigenvalue weighted by atomic mass is 32.2. The number of carbonyl (C=O) groups excluding carboxylic acids is 1. The van der Waals surface area contributed by atoms with E-state index in [1.807, 2.05) is 4.90 Å². The molecule has 1 saturated heterocycles. The first-order valence-corrected chi connectivity index (χ1v) is 10.5. The number of anilines is 3. The number of ether oxygens (including phenoxy) is 1. The number of nitrogen functional groups attached to an aromatic ring is 1. The van der Waals surface area contributed by atoms with Crippen LogP contribution in [0.25, 0.3) is 0 Å². The van der Waals surface area contributed by atoms with Crippen molar-refractivity contribution in [3.8, 4) is 0 Å². The third kappa shape index (κ3) is 4.20. The Morgan fingerprint density at radius 2 is 2.15 bits per heavy atom. The number of hydrogen-bond acceptors (Lipinski definition) is 7. The van der Waals surface area contributed by atoms with Crippen LogP contribution in [-0.2, 0) is 9.53 Å². The van der Waals surface area contributed by atoms with Gasteiger partial charge in [-0.25, -0.2) is 9.97 Å². The fourth-order valence-corrected chi connectivity index (χ4v) is 5.10. The number of aromatic nitrogens is 2.